The van der Waals surface area contributed by atoms with Crippen LogP contribution in [0.1, 0.15) is 0 Å². The summed E-state index contributed by atoms with van der Waals surface area (Å²) in [6.45, 7) is 0. The fraction of sp³-hybridized carbons (Fsp3) is 0. The van der Waals surface area contributed by atoms with Crippen molar-refractivity contribution in [1.29, 1.82) is 0 Å². The van der Waals surface area contributed by atoms with Crippen LogP contribution in [-0.2, 0) is 23.8 Å². The van der Waals surface area contributed by atoms with Crippen molar-refractivity contribution in [1.82, 2.24) is 0 Å². The van der Waals surface area contributed by atoms with Crippen molar-refractivity contribution in [2.45, 2.75) is 0 Å². The Hall–Kier alpha value is 2.92. The second kappa shape index (κ2) is 2.46. The molecule has 0 bridgehead atoms. The van der Waals surface area contributed by atoms with Crippen molar-refractivity contribution >= 4 is 56.5 Å². The molecule has 0 aromatic carbocycles. The molecule has 0 aliphatic rings. The molecule has 62 valence electrons. The van der Waals surface area contributed by atoms with E-state index in [1.165, 1.54) is 0 Å². The molecule has 0 atom stereocenters. The summed E-state index contributed by atoms with van der Waals surface area (Å²) in [5.41, 5.74) is 0. The number of hydrogen-bond donors (Lipinski definition) is 0. The number of halogens is 6. The quantitative estimate of drug-likeness (QED) is 0.471. The normalized spacial score (nSPS) is 20.2. The van der Waals surface area contributed by atoms with Gasteiger partial charge in [-0.1, -0.05) is 0 Å². The van der Waals surface area contributed by atoms with Crippen LogP contribution < -0.4 is 0 Å². The van der Waals surface area contributed by atoms with E-state index in [4.69, 9.17) is 56.5 Å². The van der Waals surface area contributed by atoms with Crippen LogP contribution in [-0.4, -0.2) is 0 Å². The van der Waals surface area contributed by atoms with Crippen molar-refractivity contribution in [2.75, 3.05) is 0 Å². The maximum absolute atomic E-state index is 5.29. The molecule has 0 saturated heterocycles. The Balaban J connectivity index is 0. The largest absolute Gasteiger partial charge is 2.00 e. The van der Waals surface area contributed by atoms with Gasteiger partial charge in [-0.15, -0.1) is 0 Å². The zero-order chi connectivity index (χ0) is 6.41. The Labute approximate surface area is 79.0 Å². The molecule has 0 amide bonds. The van der Waals surface area contributed by atoms with Gasteiger partial charge >= 0.3 is 80.3 Å². The van der Waals surface area contributed by atoms with Gasteiger partial charge < -0.3 is 0 Å². The minimum atomic E-state index is -5.29. The Kier molecular flexibility index (Phi) is 4.15. The van der Waals surface area contributed by atoms with Crippen molar-refractivity contribution in [3.63, 3.8) is 0 Å². The molecule has 0 N–H and O–H groups in total. The summed E-state index contributed by atoms with van der Waals surface area (Å²) in [6, 6.07) is 0. The molecule has 8 heteroatoms. The van der Waals surface area contributed by atoms with E-state index < -0.39 is 7.31 Å². The molecule has 8 heavy (non-hydrogen) atoms. The van der Waals surface area contributed by atoms with E-state index in [-0.39, 0.29) is 16.5 Å². The van der Waals surface area contributed by atoms with Gasteiger partial charge in [-0.05, 0) is 0 Å². The summed E-state index contributed by atoms with van der Waals surface area (Å²) < 4.78 is 0. The summed E-state index contributed by atoms with van der Waals surface area (Å²) >= 11 is 0. The second-order valence-electron chi connectivity index (χ2n) is 0.678. The van der Waals surface area contributed by atoms with Gasteiger partial charge in [0.25, 0.3) is 0 Å². The van der Waals surface area contributed by atoms with Crippen molar-refractivity contribution < 1.29 is 23.8 Å². The zero-order valence-electron chi connectivity index (χ0n) is 2.90. The van der Waals surface area contributed by atoms with Crippen LogP contribution in [0.3, 0.4) is 0 Å². The fourth-order valence-electron chi connectivity index (χ4n) is 0. The topological polar surface area (TPSA) is 0 Å². The van der Waals surface area contributed by atoms with Crippen molar-refractivity contribution in [2.24, 2.45) is 0 Å². The maximum atomic E-state index is 5.05. The van der Waals surface area contributed by atoms with E-state index in [1.54, 1.807) is 0 Å². The predicted octanol–water partition coefficient (Wildman–Crippen LogP) is 4.13. The molecule has 0 saturated carbocycles. The fourth-order valence-corrected chi connectivity index (χ4v) is 0. The zero-order valence-corrected chi connectivity index (χ0v) is 10.7. The molecule has 0 heterocycles. The number of rotatable bonds is 0. The van der Waals surface area contributed by atoms with Gasteiger partial charge in [0.1, 0.15) is 0 Å². The molecular formula is Cl6NiPt. The van der Waals surface area contributed by atoms with Crippen LogP contribution >= 0.6 is 56.5 Å². The van der Waals surface area contributed by atoms with Gasteiger partial charge in [0.05, 0.1) is 0 Å². The summed E-state index contributed by atoms with van der Waals surface area (Å²) in [5.74, 6) is 0. The van der Waals surface area contributed by atoms with Crippen LogP contribution in [0.5, 0.6) is 0 Å². The third-order valence-corrected chi connectivity index (χ3v) is 0. The van der Waals surface area contributed by atoms with Gasteiger partial charge in [0, 0.05) is 0 Å². The van der Waals surface area contributed by atoms with Gasteiger partial charge in [-0.2, -0.15) is 0 Å². The Bertz CT molecular complexity index is 67.1. The molecular weight excluding hydrogens is 466 g/mol. The second-order valence-corrected chi connectivity index (χ2v) is 49.9. The van der Waals surface area contributed by atoms with Crippen LogP contribution in [0, 0.1) is 0 Å². The smallest absolute Gasteiger partial charge is 2.00 e. The molecule has 0 nitrogen and oxygen atoms in total. The molecule has 0 aliphatic heterocycles. The van der Waals surface area contributed by atoms with E-state index in [1.807, 2.05) is 0 Å². The van der Waals surface area contributed by atoms with Crippen molar-refractivity contribution in [3.8, 4) is 0 Å². The first kappa shape index (κ1) is 13.5. The van der Waals surface area contributed by atoms with Gasteiger partial charge in [0.2, 0.25) is 0 Å². The Morgan fingerprint density at radius 1 is 0.625 bits per heavy atom. The van der Waals surface area contributed by atoms with Gasteiger partial charge in [-0.25, -0.2) is 0 Å². The van der Waals surface area contributed by atoms with E-state index in [9.17, 15) is 0 Å². The molecule has 0 aliphatic carbocycles. The first-order valence-corrected chi connectivity index (χ1v) is 17.6. The van der Waals surface area contributed by atoms with Crippen molar-refractivity contribution in [3.05, 3.63) is 0 Å². The number of hydrogen-bond acceptors (Lipinski definition) is 0. The van der Waals surface area contributed by atoms with E-state index >= 15 is 0 Å². The summed E-state index contributed by atoms with van der Waals surface area (Å²) in [6.07, 6.45) is 0. The minimum absolute atomic E-state index is 0. The molecule has 0 aromatic rings. The summed E-state index contributed by atoms with van der Waals surface area (Å²) in [4.78, 5) is 0. The Morgan fingerprint density at radius 3 is 0.625 bits per heavy atom. The summed E-state index contributed by atoms with van der Waals surface area (Å²) in [7, 11) is 25.0. The molecule has 0 aromatic heterocycles. The predicted molar refractivity (Wildman–Crippen MR) is 35.1 cm³/mol. The molecule has 0 radical (unpaired) electrons. The third kappa shape index (κ3) is 65.6. The maximum Gasteiger partial charge on any atom is 2.00 e. The van der Waals surface area contributed by atoms with Crippen LogP contribution in [0.25, 0.3) is 0 Å². The summed E-state index contributed by atoms with van der Waals surface area (Å²) in [5, 5.41) is 0. The van der Waals surface area contributed by atoms with Crippen LogP contribution in [0.15, 0.2) is 0 Å². The first-order valence-electron chi connectivity index (χ1n) is 0.717. The van der Waals surface area contributed by atoms with Gasteiger partial charge in [-0.3, -0.25) is 0 Å². The van der Waals surface area contributed by atoms with E-state index in [0.29, 0.717) is 0 Å². The Morgan fingerprint density at radius 2 is 0.625 bits per heavy atom. The van der Waals surface area contributed by atoms with E-state index in [0.717, 1.165) is 0 Å². The SMILES string of the molecule is [Cl][Pt-2]([Cl])([Cl])([Cl])([Cl])[Cl].[Ni+2]. The molecule has 0 spiro atoms. The molecule has 0 fully saturated rings. The van der Waals surface area contributed by atoms with Gasteiger partial charge in [0.15, 0.2) is 0 Å². The first-order chi connectivity index (χ1) is 2.45. The third-order valence-electron chi connectivity index (χ3n) is 0. The average Bonchev–Trinajstić information content (AvgIpc) is 0.592. The molecule has 0 unspecified atom stereocenters. The van der Waals surface area contributed by atoms with Crippen LogP contribution in [0.4, 0.5) is 0 Å². The average molecular weight is 466 g/mol. The van der Waals surface area contributed by atoms with Crippen LogP contribution in [0.2, 0.25) is 0 Å². The van der Waals surface area contributed by atoms with E-state index in [2.05, 4.69) is 0 Å². The monoisotopic (exact) mass is 463 g/mol. The standard InChI is InChI=1S/6ClH.Ni.Pt/h6*1H;;/q;;;;;;+2;+4/p-6. The molecule has 0 rings (SSSR count). The minimum Gasteiger partial charge on any atom is 2.00 e.